The van der Waals surface area contributed by atoms with E-state index < -0.39 is 0 Å². The SMILES string of the molecule is CC(S)CCCCNCCCN. The molecular formula is C9H22N2S. The molecule has 0 heterocycles. The maximum Gasteiger partial charge on any atom is -0.00116 e. The highest BCUT2D eigenvalue weighted by Crippen LogP contribution is 2.04. The van der Waals surface area contributed by atoms with Gasteiger partial charge in [0.15, 0.2) is 0 Å². The fraction of sp³-hybridized carbons (Fsp3) is 1.00. The summed E-state index contributed by atoms with van der Waals surface area (Å²) in [5.74, 6) is 0. The van der Waals surface area contributed by atoms with E-state index in [2.05, 4.69) is 24.9 Å². The largest absolute Gasteiger partial charge is 0.330 e. The molecule has 0 aromatic carbocycles. The van der Waals surface area contributed by atoms with Crippen molar-refractivity contribution in [1.29, 1.82) is 0 Å². The fourth-order valence-corrected chi connectivity index (χ4v) is 1.22. The number of unbranched alkanes of at least 4 members (excludes halogenated alkanes) is 1. The van der Waals surface area contributed by atoms with Gasteiger partial charge in [0.1, 0.15) is 0 Å². The first-order valence-corrected chi connectivity index (χ1v) is 5.38. The van der Waals surface area contributed by atoms with Gasteiger partial charge in [0, 0.05) is 0 Å². The van der Waals surface area contributed by atoms with E-state index in [0.29, 0.717) is 5.25 Å². The van der Waals surface area contributed by atoms with E-state index in [1.165, 1.54) is 19.3 Å². The molecular weight excluding hydrogens is 168 g/mol. The average Bonchev–Trinajstić information content (AvgIpc) is 2.02. The Hall–Kier alpha value is 0.270. The van der Waals surface area contributed by atoms with Crippen LogP contribution in [-0.2, 0) is 0 Å². The third-order valence-corrected chi connectivity index (χ3v) is 2.04. The van der Waals surface area contributed by atoms with Crippen LogP contribution in [0.4, 0.5) is 0 Å². The Bertz CT molecular complexity index is 86.6. The lowest BCUT2D eigenvalue weighted by molar-refractivity contribution is 0.591. The average molecular weight is 190 g/mol. The van der Waals surface area contributed by atoms with Gasteiger partial charge >= 0.3 is 0 Å². The molecule has 3 heteroatoms. The summed E-state index contributed by atoms with van der Waals surface area (Å²) in [6, 6.07) is 0. The Labute approximate surface area is 81.7 Å². The number of nitrogens with two attached hydrogens (primary N) is 1. The second-order valence-electron chi connectivity index (χ2n) is 3.24. The molecule has 0 aliphatic carbocycles. The number of thiol groups is 1. The van der Waals surface area contributed by atoms with E-state index >= 15 is 0 Å². The first-order chi connectivity index (χ1) is 5.77. The quantitative estimate of drug-likeness (QED) is 0.400. The fourth-order valence-electron chi connectivity index (χ4n) is 1.04. The smallest absolute Gasteiger partial charge is 0.00116 e. The Kier molecular flexibility index (Phi) is 9.57. The van der Waals surface area contributed by atoms with Crippen molar-refractivity contribution in [2.45, 2.75) is 37.9 Å². The van der Waals surface area contributed by atoms with Gasteiger partial charge in [-0.15, -0.1) is 0 Å². The Morgan fingerprint density at radius 3 is 2.50 bits per heavy atom. The van der Waals surface area contributed by atoms with Gasteiger partial charge in [-0.1, -0.05) is 13.3 Å². The van der Waals surface area contributed by atoms with Crippen molar-refractivity contribution in [2.24, 2.45) is 5.73 Å². The van der Waals surface area contributed by atoms with Gasteiger partial charge in [0.2, 0.25) is 0 Å². The lowest BCUT2D eigenvalue weighted by Crippen LogP contribution is -2.19. The summed E-state index contributed by atoms with van der Waals surface area (Å²) in [5, 5.41) is 3.91. The highest BCUT2D eigenvalue weighted by Gasteiger charge is 1.93. The van der Waals surface area contributed by atoms with Gasteiger partial charge < -0.3 is 11.1 Å². The minimum Gasteiger partial charge on any atom is -0.330 e. The molecule has 0 aromatic rings. The summed E-state index contributed by atoms with van der Waals surface area (Å²) in [6.45, 7) is 5.12. The first kappa shape index (κ1) is 12.3. The van der Waals surface area contributed by atoms with Gasteiger partial charge in [0.05, 0.1) is 0 Å². The molecule has 2 nitrogen and oxygen atoms in total. The predicted octanol–water partition coefficient (Wildman–Crippen LogP) is 1.41. The van der Waals surface area contributed by atoms with Crippen molar-refractivity contribution in [1.82, 2.24) is 5.32 Å². The molecule has 3 N–H and O–H groups in total. The van der Waals surface area contributed by atoms with Crippen LogP contribution in [0.3, 0.4) is 0 Å². The zero-order valence-corrected chi connectivity index (χ0v) is 8.95. The topological polar surface area (TPSA) is 38.0 Å². The van der Waals surface area contributed by atoms with Gasteiger partial charge in [-0.2, -0.15) is 12.6 Å². The molecule has 1 unspecified atom stereocenters. The molecule has 0 amide bonds. The van der Waals surface area contributed by atoms with E-state index in [1.54, 1.807) is 0 Å². The summed E-state index contributed by atoms with van der Waals surface area (Å²) in [6.07, 6.45) is 4.85. The summed E-state index contributed by atoms with van der Waals surface area (Å²) >= 11 is 4.32. The standard InChI is InChI=1S/C9H22N2S/c1-9(12)5-2-3-7-11-8-4-6-10/h9,11-12H,2-8,10H2,1H3. The maximum atomic E-state index is 5.36. The second-order valence-corrected chi connectivity index (χ2v) is 4.12. The van der Waals surface area contributed by atoms with Crippen LogP contribution in [-0.4, -0.2) is 24.9 Å². The van der Waals surface area contributed by atoms with Crippen molar-refractivity contribution >= 4 is 12.6 Å². The summed E-state index contributed by atoms with van der Waals surface area (Å²) < 4.78 is 0. The summed E-state index contributed by atoms with van der Waals surface area (Å²) in [7, 11) is 0. The van der Waals surface area contributed by atoms with Gasteiger partial charge in [0.25, 0.3) is 0 Å². The highest BCUT2D eigenvalue weighted by atomic mass is 32.1. The molecule has 0 aromatic heterocycles. The van der Waals surface area contributed by atoms with Gasteiger partial charge in [-0.3, -0.25) is 0 Å². The summed E-state index contributed by atoms with van der Waals surface area (Å²) in [5.41, 5.74) is 5.36. The molecule has 0 bridgehead atoms. The van der Waals surface area contributed by atoms with E-state index in [4.69, 9.17) is 5.73 Å². The Morgan fingerprint density at radius 2 is 1.92 bits per heavy atom. The molecule has 0 aliphatic rings. The van der Waals surface area contributed by atoms with Crippen molar-refractivity contribution in [3.63, 3.8) is 0 Å². The molecule has 0 fully saturated rings. The van der Waals surface area contributed by atoms with Gasteiger partial charge in [-0.25, -0.2) is 0 Å². The van der Waals surface area contributed by atoms with Crippen molar-refractivity contribution in [3.8, 4) is 0 Å². The van der Waals surface area contributed by atoms with Crippen LogP contribution in [0.15, 0.2) is 0 Å². The van der Waals surface area contributed by atoms with Crippen LogP contribution < -0.4 is 11.1 Å². The number of nitrogens with one attached hydrogen (secondary N) is 1. The molecule has 0 saturated heterocycles. The van der Waals surface area contributed by atoms with Crippen molar-refractivity contribution in [2.75, 3.05) is 19.6 Å². The zero-order chi connectivity index (χ0) is 9.23. The number of rotatable bonds is 8. The maximum absolute atomic E-state index is 5.36. The third-order valence-electron chi connectivity index (χ3n) is 1.78. The van der Waals surface area contributed by atoms with Crippen molar-refractivity contribution < 1.29 is 0 Å². The minimum atomic E-state index is 0.550. The molecule has 0 spiro atoms. The number of hydrogen-bond donors (Lipinski definition) is 3. The molecule has 0 aliphatic heterocycles. The van der Waals surface area contributed by atoms with E-state index in [-0.39, 0.29) is 0 Å². The zero-order valence-electron chi connectivity index (χ0n) is 8.05. The lowest BCUT2D eigenvalue weighted by atomic mass is 10.2. The van der Waals surface area contributed by atoms with Crippen LogP contribution in [0.5, 0.6) is 0 Å². The van der Waals surface area contributed by atoms with Crippen LogP contribution in [0.2, 0.25) is 0 Å². The molecule has 74 valence electrons. The third kappa shape index (κ3) is 10.3. The first-order valence-electron chi connectivity index (χ1n) is 4.86. The predicted molar refractivity (Wildman–Crippen MR) is 58.8 cm³/mol. The molecule has 0 radical (unpaired) electrons. The van der Waals surface area contributed by atoms with Crippen LogP contribution in [0.25, 0.3) is 0 Å². The molecule has 0 saturated carbocycles. The minimum absolute atomic E-state index is 0.550. The van der Waals surface area contributed by atoms with Gasteiger partial charge in [-0.05, 0) is 44.1 Å². The molecule has 0 rings (SSSR count). The highest BCUT2D eigenvalue weighted by molar-refractivity contribution is 7.80. The number of hydrogen-bond acceptors (Lipinski definition) is 3. The van der Waals surface area contributed by atoms with E-state index in [0.717, 1.165) is 26.1 Å². The van der Waals surface area contributed by atoms with Crippen LogP contribution in [0, 0.1) is 0 Å². The molecule has 12 heavy (non-hydrogen) atoms. The van der Waals surface area contributed by atoms with Crippen LogP contribution in [0.1, 0.15) is 32.6 Å². The summed E-state index contributed by atoms with van der Waals surface area (Å²) in [4.78, 5) is 0. The van der Waals surface area contributed by atoms with E-state index in [9.17, 15) is 0 Å². The lowest BCUT2D eigenvalue weighted by Gasteiger charge is -2.04. The normalized spacial score (nSPS) is 13.2. The molecule has 1 atom stereocenters. The van der Waals surface area contributed by atoms with Crippen LogP contribution >= 0.6 is 12.6 Å². The van der Waals surface area contributed by atoms with E-state index in [1.807, 2.05) is 0 Å². The van der Waals surface area contributed by atoms with Crippen molar-refractivity contribution in [3.05, 3.63) is 0 Å². The monoisotopic (exact) mass is 190 g/mol. The Balaban J connectivity index is 2.82. The Morgan fingerprint density at radius 1 is 1.25 bits per heavy atom. The second kappa shape index (κ2) is 9.36.